The second-order valence-corrected chi connectivity index (χ2v) is 8.82. The molecule has 0 bridgehead atoms. The zero-order valence-corrected chi connectivity index (χ0v) is 13.9. The lowest BCUT2D eigenvalue weighted by Gasteiger charge is -2.25. The molecule has 7 fully saturated rings. The number of carbonyl (C=O) groups is 2. The van der Waals surface area contributed by atoms with Crippen molar-refractivity contribution in [1.29, 1.82) is 0 Å². The molecule has 0 radical (unpaired) electrons. The van der Waals surface area contributed by atoms with Crippen LogP contribution in [0.2, 0.25) is 0 Å². The molecule has 2 aliphatic carbocycles. The van der Waals surface area contributed by atoms with Crippen molar-refractivity contribution in [2.45, 2.75) is 51.2 Å². The van der Waals surface area contributed by atoms with Crippen molar-refractivity contribution < 1.29 is 33.3 Å². The molecule has 5 saturated heterocycles. The van der Waals surface area contributed by atoms with Crippen molar-refractivity contribution in [3.63, 3.8) is 0 Å². The Morgan fingerprint density at radius 1 is 0.520 bits per heavy atom. The van der Waals surface area contributed by atoms with Crippen LogP contribution in [0.5, 0.6) is 0 Å². The Bertz CT molecular complexity index is 650. The van der Waals surface area contributed by atoms with E-state index < -0.39 is 0 Å². The largest absolute Gasteiger partial charge is 0.348 e. The van der Waals surface area contributed by atoms with Crippen molar-refractivity contribution in [3.8, 4) is 0 Å². The average Bonchev–Trinajstić information content (AvgIpc) is 3.02. The fourth-order valence-electron chi connectivity index (χ4n) is 6.92. The molecule has 2 saturated carbocycles. The highest BCUT2D eigenvalue weighted by Gasteiger charge is 2.79. The maximum absolute atomic E-state index is 11.9. The first-order valence-electron chi connectivity index (χ1n) is 9.34. The zero-order chi connectivity index (χ0) is 16.8. The first-order valence-corrected chi connectivity index (χ1v) is 9.34. The molecule has 0 spiro atoms. The van der Waals surface area contributed by atoms with Crippen LogP contribution in [0.1, 0.15) is 13.8 Å². The summed E-state index contributed by atoms with van der Waals surface area (Å²) in [5.41, 5.74) is 0. The lowest BCUT2D eigenvalue weighted by atomic mass is 9.73. The van der Waals surface area contributed by atoms with Crippen molar-refractivity contribution in [1.82, 2.24) is 0 Å². The molecule has 0 unspecified atom stereocenters. The maximum atomic E-state index is 11.9. The van der Waals surface area contributed by atoms with E-state index in [-0.39, 0.29) is 96.3 Å². The molecule has 7 nitrogen and oxygen atoms in total. The minimum Gasteiger partial charge on any atom is -0.348 e. The van der Waals surface area contributed by atoms with Crippen molar-refractivity contribution >= 4 is 11.6 Å². The predicted molar refractivity (Wildman–Crippen MR) is 77.4 cm³/mol. The molecule has 7 heteroatoms. The lowest BCUT2D eigenvalue weighted by Crippen LogP contribution is -2.33. The molecule has 7 aliphatic rings. The summed E-state index contributed by atoms with van der Waals surface area (Å²) in [4.78, 5) is 23.7. The van der Waals surface area contributed by atoms with Crippen LogP contribution >= 0.6 is 0 Å². The van der Waals surface area contributed by atoms with E-state index in [0.29, 0.717) is 0 Å². The monoisotopic (exact) mass is 348 g/mol. The summed E-state index contributed by atoms with van der Waals surface area (Å²) in [6, 6.07) is 0. The summed E-state index contributed by atoms with van der Waals surface area (Å²) in [5, 5.41) is 0. The molecule has 0 aromatic heterocycles. The Morgan fingerprint density at radius 3 is 1.20 bits per heavy atom. The Hall–Kier alpha value is -0.860. The van der Waals surface area contributed by atoms with E-state index in [9.17, 15) is 9.59 Å². The highest BCUT2D eigenvalue weighted by molar-refractivity contribution is 5.83. The molecule has 0 N–H and O–H groups in total. The lowest BCUT2D eigenvalue weighted by molar-refractivity contribution is -0.267. The molecule has 134 valence electrons. The number of Topliss-reactive ketones (excluding diaryl/α,β-unsaturated/α-hetero) is 2. The van der Waals surface area contributed by atoms with Crippen molar-refractivity contribution in [2.24, 2.45) is 47.3 Å². The van der Waals surface area contributed by atoms with Gasteiger partial charge >= 0.3 is 0 Å². The summed E-state index contributed by atoms with van der Waals surface area (Å²) in [5.74, 6) is 1.65. The topological polar surface area (TPSA) is 80.3 Å². The minimum absolute atomic E-state index is 0.0132. The summed E-state index contributed by atoms with van der Waals surface area (Å²) in [6.45, 7) is 3.29. The van der Waals surface area contributed by atoms with Gasteiger partial charge in [-0.05, 0) is 13.8 Å². The van der Waals surface area contributed by atoms with Crippen molar-refractivity contribution in [3.05, 3.63) is 0 Å². The van der Waals surface area contributed by atoms with Gasteiger partial charge in [-0.15, -0.1) is 0 Å². The van der Waals surface area contributed by atoms with Gasteiger partial charge < -0.3 is 23.7 Å². The molecule has 14 atom stereocenters. The predicted octanol–water partition coefficient (Wildman–Crippen LogP) is 0.314. The van der Waals surface area contributed by atoms with Crippen LogP contribution in [0.3, 0.4) is 0 Å². The third-order valence-electron chi connectivity index (χ3n) is 7.82. The Labute approximate surface area is 144 Å². The average molecular weight is 348 g/mol. The molecule has 5 heterocycles. The summed E-state index contributed by atoms with van der Waals surface area (Å²) in [7, 11) is 0. The van der Waals surface area contributed by atoms with Crippen LogP contribution in [0.4, 0.5) is 0 Å². The summed E-state index contributed by atoms with van der Waals surface area (Å²) >= 11 is 0. The third-order valence-corrected chi connectivity index (χ3v) is 7.82. The van der Waals surface area contributed by atoms with Gasteiger partial charge in [0.15, 0.2) is 25.2 Å². The zero-order valence-electron chi connectivity index (χ0n) is 13.9. The standard InChI is InChI=1S/C18H20O7/c1-3(19)5-7-9-11-12-10-8-6(4(2)20)14(8)22-16(10)24-18(12)25-17(11)23-15(9)21-13(5)7/h5-18H,1-2H3/t5-,6-,7+,8+,9-,10-,11+,12+,13+,14+,15+,16+,17-,18-/m1/s1. The van der Waals surface area contributed by atoms with E-state index in [1.54, 1.807) is 13.8 Å². The number of rotatable bonds is 2. The number of hydrogen-bond acceptors (Lipinski definition) is 7. The highest BCUT2D eigenvalue weighted by atomic mass is 16.8. The van der Waals surface area contributed by atoms with Gasteiger partial charge in [0.05, 0.1) is 12.2 Å². The number of hydrogen-bond donors (Lipinski definition) is 0. The van der Waals surface area contributed by atoms with Gasteiger partial charge in [-0.2, -0.15) is 0 Å². The van der Waals surface area contributed by atoms with Gasteiger partial charge in [0.1, 0.15) is 11.6 Å². The second-order valence-electron chi connectivity index (χ2n) is 8.82. The van der Waals surface area contributed by atoms with E-state index in [1.807, 2.05) is 0 Å². The maximum Gasteiger partial charge on any atom is 0.167 e. The van der Waals surface area contributed by atoms with E-state index >= 15 is 0 Å². The second kappa shape index (κ2) is 4.17. The fraction of sp³-hybridized carbons (Fsp3) is 0.889. The minimum atomic E-state index is -0.325. The third kappa shape index (κ3) is 1.50. The molecule has 5 aliphatic heterocycles. The normalized spacial score (nSPS) is 67.1. The Balaban J connectivity index is 1.22. The molecular formula is C18H20O7. The SMILES string of the molecule is CC(=O)[C@H]1[C@@H]2O[C@H]3O[C@@H]4O[C@H]5O[C@@H]6O[C@H]7[C@H](C(C)=O)[C@H]7[C@@H]6[C@H]5[C@@H]4[C@H]3[C@@H]21. The number of ether oxygens (including phenoxy) is 5. The van der Waals surface area contributed by atoms with Gasteiger partial charge in [0.2, 0.25) is 0 Å². The van der Waals surface area contributed by atoms with Crippen LogP contribution in [-0.4, -0.2) is 48.9 Å². The van der Waals surface area contributed by atoms with Gasteiger partial charge in [0, 0.05) is 47.3 Å². The first kappa shape index (κ1) is 14.2. The smallest absolute Gasteiger partial charge is 0.167 e. The van der Waals surface area contributed by atoms with Crippen LogP contribution in [0, 0.1) is 47.3 Å². The van der Waals surface area contributed by atoms with E-state index in [1.165, 1.54) is 0 Å². The number of ketones is 2. The van der Waals surface area contributed by atoms with Crippen molar-refractivity contribution in [2.75, 3.05) is 0 Å². The van der Waals surface area contributed by atoms with Gasteiger partial charge in [-0.25, -0.2) is 0 Å². The van der Waals surface area contributed by atoms with E-state index in [0.717, 1.165) is 0 Å². The van der Waals surface area contributed by atoms with Crippen LogP contribution in [0.15, 0.2) is 0 Å². The number of fused-ring (bicyclic) bond motifs is 11. The molecule has 0 aromatic rings. The molecular weight excluding hydrogens is 328 g/mol. The van der Waals surface area contributed by atoms with Crippen LogP contribution in [0.25, 0.3) is 0 Å². The molecule has 0 aromatic carbocycles. The highest BCUT2D eigenvalue weighted by Crippen LogP contribution is 2.70. The molecule has 0 amide bonds. The fourth-order valence-corrected chi connectivity index (χ4v) is 6.92. The number of carbonyl (C=O) groups excluding carboxylic acids is 2. The Morgan fingerprint density at radius 2 is 0.840 bits per heavy atom. The van der Waals surface area contributed by atoms with Gasteiger partial charge in [-0.1, -0.05) is 0 Å². The summed E-state index contributed by atoms with van der Waals surface area (Å²) < 4.78 is 30.0. The summed E-state index contributed by atoms with van der Waals surface area (Å²) in [6.07, 6.45) is -1.14. The Kier molecular flexibility index (Phi) is 2.37. The molecule has 7 rings (SSSR count). The van der Waals surface area contributed by atoms with Crippen LogP contribution < -0.4 is 0 Å². The quantitative estimate of drug-likeness (QED) is 0.711. The van der Waals surface area contributed by atoms with Crippen LogP contribution in [-0.2, 0) is 33.3 Å². The van der Waals surface area contributed by atoms with Gasteiger partial charge in [0.25, 0.3) is 0 Å². The van der Waals surface area contributed by atoms with E-state index in [2.05, 4.69) is 0 Å². The first-order chi connectivity index (χ1) is 12.1. The van der Waals surface area contributed by atoms with Gasteiger partial charge in [-0.3, -0.25) is 9.59 Å². The van der Waals surface area contributed by atoms with E-state index in [4.69, 9.17) is 23.7 Å². The molecule has 25 heavy (non-hydrogen) atoms.